The molecule has 9 aromatic rings. The number of aromatic nitrogens is 3. The van der Waals surface area contributed by atoms with Crippen molar-refractivity contribution in [3.8, 4) is 99.6 Å². The molecule has 0 spiro atoms. The zero-order valence-electron chi connectivity index (χ0n) is 58.5. The van der Waals surface area contributed by atoms with Gasteiger partial charge in [-0.25, -0.2) is 4.79 Å². The van der Waals surface area contributed by atoms with E-state index in [-0.39, 0.29) is 41.9 Å². The van der Waals surface area contributed by atoms with E-state index in [1.54, 1.807) is 80.2 Å². The molecule has 526 valence electrons. The number of carbonyl (C=O) groups is 5. The minimum Gasteiger partial charge on any atom is -0.493 e. The first-order valence-electron chi connectivity index (χ1n) is 34.1. The predicted molar refractivity (Wildman–Crippen MR) is 395 cm³/mol. The summed E-state index contributed by atoms with van der Waals surface area (Å²) in [5.41, 5.74) is 13.9. The summed E-state index contributed by atoms with van der Waals surface area (Å²) in [6.45, 7) is 21.8. The predicted octanol–water partition coefficient (Wildman–Crippen LogP) is 15.4. The van der Waals surface area contributed by atoms with Gasteiger partial charge in [-0.15, -0.1) is 34.0 Å². The lowest BCUT2D eigenvalue weighted by Crippen LogP contribution is -2.37. The number of methoxy groups -OCH3 is 3. The molecule has 19 nitrogen and oxygen atoms in total. The third kappa shape index (κ3) is 14.4. The van der Waals surface area contributed by atoms with Gasteiger partial charge in [-0.2, -0.15) is 0 Å². The largest absolute Gasteiger partial charge is 0.493 e. The van der Waals surface area contributed by atoms with E-state index in [0.29, 0.717) is 116 Å². The van der Waals surface area contributed by atoms with E-state index in [0.717, 1.165) is 121 Å². The highest BCUT2D eigenvalue weighted by Gasteiger charge is 2.37. The molecule has 6 aromatic heterocycles. The molecule has 2 fully saturated rings. The summed E-state index contributed by atoms with van der Waals surface area (Å²) in [4.78, 5) is 74.1. The highest BCUT2D eigenvalue weighted by Crippen LogP contribution is 2.51. The molecule has 0 atom stereocenters. The van der Waals surface area contributed by atoms with Crippen molar-refractivity contribution >= 4 is 75.2 Å². The third-order valence-corrected chi connectivity index (χ3v) is 21.7. The number of amides is 4. The van der Waals surface area contributed by atoms with Crippen LogP contribution in [0.15, 0.2) is 101 Å². The Bertz CT molecular complexity index is 4510. The fourth-order valence-electron chi connectivity index (χ4n) is 14.2. The second-order valence-corrected chi connectivity index (χ2v) is 29.4. The minimum atomic E-state index is -0.908. The Balaban J connectivity index is 0.000000144. The van der Waals surface area contributed by atoms with Gasteiger partial charge in [0.05, 0.1) is 61.7 Å². The fraction of sp³-hybridized carbons (Fsp3) is 0.390. The Hall–Kier alpha value is -8.96. The highest BCUT2D eigenvalue weighted by atomic mass is 35.5. The van der Waals surface area contributed by atoms with Crippen molar-refractivity contribution in [2.45, 2.75) is 125 Å². The van der Waals surface area contributed by atoms with Crippen molar-refractivity contribution in [3.63, 3.8) is 0 Å². The van der Waals surface area contributed by atoms with Crippen molar-refractivity contribution < 1.29 is 57.5 Å². The van der Waals surface area contributed by atoms with Gasteiger partial charge in [0.1, 0.15) is 17.1 Å². The fourth-order valence-corrected chi connectivity index (χ4v) is 16.9. The number of carboxylic acids is 1. The zero-order chi connectivity index (χ0) is 70.8. The molecule has 0 aliphatic carbocycles. The number of aromatic carboxylic acids is 1. The quantitative estimate of drug-likeness (QED) is 0.102. The van der Waals surface area contributed by atoms with Crippen LogP contribution in [0.2, 0.25) is 5.02 Å². The van der Waals surface area contributed by atoms with Crippen LogP contribution < -0.4 is 28.4 Å². The molecule has 5 aliphatic heterocycles. The summed E-state index contributed by atoms with van der Waals surface area (Å²) < 4.78 is 41.1. The molecule has 100 heavy (non-hydrogen) atoms. The van der Waals surface area contributed by atoms with Gasteiger partial charge in [0.15, 0.2) is 34.5 Å². The van der Waals surface area contributed by atoms with Crippen LogP contribution in [0.25, 0.3) is 65.1 Å². The van der Waals surface area contributed by atoms with Gasteiger partial charge in [0, 0.05) is 134 Å². The molecule has 0 radical (unpaired) electrons. The molecule has 3 aromatic carbocycles. The molecule has 14 rings (SSSR count). The number of halogens is 1. The first-order chi connectivity index (χ1) is 48.2. The van der Waals surface area contributed by atoms with Crippen LogP contribution in [0.5, 0.6) is 34.5 Å². The number of hydrogen-bond donors (Lipinski definition) is 1. The normalized spacial score (nSPS) is 14.6. The number of ether oxygens (including phenoxy) is 6. The molecular formula is C77H86ClN7O12S3. The van der Waals surface area contributed by atoms with Gasteiger partial charge < -0.3 is 66.8 Å². The summed E-state index contributed by atoms with van der Waals surface area (Å²) in [5, 5.41) is 16.3. The van der Waals surface area contributed by atoms with Crippen molar-refractivity contribution in [1.29, 1.82) is 0 Å². The summed E-state index contributed by atoms with van der Waals surface area (Å²) in [6.07, 6.45) is 3.84. The van der Waals surface area contributed by atoms with Crippen LogP contribution in [0.3, 0.4) is 0 Å². The second-order valence-electron chi connectivity index (χ2n) is 26.2. The van der Waals surface area contributed by atoms with Gasteiger partial charge >= 0.3 is 5.97 Å². The Morgan fingerprint density at radius 3 is 1.19 bits per heavy atom. The Kier molecular flexibility index (Phi) is 21.6. The lowest BCUT2D eigenvalue weighted by Gasteiger charge is -2.26. The number of aryl methyl sites for hydroxylation is 3. The number of nitrogens with zero attached hydrogens (tertiary/aromatic N) is 7. The molecule has 1 N–H and O–H groups in total. The molecular weight excluding hydrogens is 1350 g/mol. The number of rotatable bonds is 15. The van der Waals surface area contributed by atoms with Crippen LogP contribution in [0, 0.1) is 0 Å². The zero-order valence-corrected chi connectivity index (χ0v) is 61.7. The van der Waals surface area contributed by atoms with E-state index >= 15 is 0 Å². The SMILES string of the molecule is COc1cc2c(cc1OC(C)C)-c1c(-c3cccs3)c(Cl)c(C(=O)N3CCCN(C(C)=O)CC3)n1CC2.COc1cc2c(cc1OC(C)C)-c1c(-c3cccs3)cc(C(=O)N3CCCN(C(C)=O)CC3)n1CC2.COc1cc2c(cc1OC(C)C)-c1c(-c3cccs3)cc(C(=O)O)n1CC2. The van der Waals surface area contributed by atoms with Crippen LogP contribution in [0.4, 0.5) is 0 Å². The van der Waals surface area contributed by atoms with Gasteiger partial charge in [-0.3, -0.25) is 19.2 Å². The average molecular weight is 1430 g/mol. The van der Waals surface area contributed by atoms with E-state index in [1.165, 1.54) is 5.56 Å². The second kappa shape index (κ2) is 30.5. The molecule has 23 heteroatoms. The maximum absolute atomic E-state index is 14.0. The molecule has 2 saturated heterocycles. The molecule has 0 saturated carbocycles. The summed E-state index contributed by atoms with van der Waals surface area (Å²) in [6, 6.07) is 28.3. The van der Waals surface area contributed by atoms with Gasteiger partial charge in [0.25, 0.3) is 11.8 Å². The van der Waals surface area contributed by atoms with Crippen molar-refractivity contribution in [2.75, 3.05) is 73.7 Å². The maximum atomic E-state index is 14.0. The standard InChI is InChI=1S/C28H32ClN3O4S.C28H33N3O4S.C21H21NO4S/c1-17(2)36-22-16-20-19(15-21(22)35-4)8-11-32-26(20)24(23-7-5-14-37-23)25(29)27(32)28(34)31-10-6-9-30(12-13-31)18(3)33;1-18(2)35-25-17-21-20(15-24(25)34-4)8-11-31-23(16-22(27(21)31)26-7-5-14-36-26)28(33)30-10-6-9-29(12-13-30)19(3)32;1-12(2)26-18-11-14-13(9-17(18)25-3)6-7-22-16(21(23)24)10-15(20(14)22)19-5-4-8-27-19/h5,7,14-17H,6,8-13H2,1-4H3;5,7,14-18H,6,8-13H2,1-4H3;4-5,8-12H,6-7H2,1-3H3,(H,23,24). The van der Waals surface area contributed by atoms with E-state index in [2.05, 4.69) is 38.8 Å². The number of fused-ring (bicyclic) bond motifs is 9. The van der Waals surface area contributed by atoms with Crippen molar-refractivity contribution in [2.24, 2.45) is 0 Å². The minimum absolute atomic E-state index is 0.0127. The van der Waals surface area contributed by atoms with Gasteiger partial charge in [-0.05, 0) is 173 Å². The Morgan fingerprint density at radius 1 is 0.430 bits per heavy atom. The summed E-state index contributed by atoms with van der Waals surface area (Å²) >= 11 is 12.0. The number of carbonyl (C=O) groups excluding carboxylic acids is 4. The van der Waals surface area contributed by atoms with E-state index in [1.807, 2.05) is 126 Å². The maximum Gasteiger partial charge on any atom is 0.352 e. The number of thiophene rings is 3. The summed E-state index contributed by atoms with van der Waals surface area (Å²) in [7, 11) is 4.96. The lowest BCUT2D eigenvalue weighted by molar-refractivity contribution is -0.129. The smallest absolute Gasteiger partial charge is 0.352 e. The Morgan fingerprint density at radius 2 is 0.800 bits per heavy atom. The van der Waals surface area contributed by atoms with E-state index < -0.39 is 5.97 Å². The average Bonchev–Trinajstić information content (AvgIpc) is 1.57. The van der Waals surface area contributed by atoms with Crippen LogP contribution in [-0.2, 0) is 48.5 Å². The van der Waals surface area contributed by atoms with Gasteiger partial charge in [0.2, 0.25) is 11.8 Å². The number of hydrogen-bond acceptors (Lipinski definition) is 14. The number of benzene rings is 3. The highest BCUT2D eigenvalue weighted by molar-refractivity contribution is 7.14. The first kappa shape index (κ1) is 70.9. The Labute approximate surface area is 600 Å². The van der Waals surface area contributed by atoms with Crippen molar-refractivity contribution in [3.05, 3.63) is 140 Å². The van der Waals surface area contributed by atoms with E-state index in [9.17, 15) is 29.1 Å². The molecule has 5 aliphatic rings. The monoisotopic (exact) mass is 1430 g/mol. The topological polar surface area (TPSA) is 189 Å². The lowest BCUT2D eigenvalue weighted by atomic mass is 9.95. The van der Waals surface area contributed by atoms with Crippen LogP contribution in [0.1, 0.15) is 116 Å². The molecule has 0 unspecified atom stereocenters. The molecule has 4 amide bonds. The van der Waals surface area contributed by atoms with Crippen molar-refractivity contribution in [1.82, 2.24) is 33.3 Å². The van der Waals surface area contributed by atoms with Crippen LogP contribution in [-0.4, -0.2) is 160 Å². The van der Waals surface area contributed by atoms with Gasteiger partial charge in [-0.1, -0.05) is 29.8 Å². The molecule has 11 heterocycles. The summed E-state index contributed by atoms with van der Waals surface area (Å²) in [5.74, 6) is 3.34. The number of carboxylic acid groups (broad SMARTS) is 1. The van der Waals surface area contributed by atoms with E-state index in [4.69, 9.17) is 40.0 Å². The first-order valence-corrected chi connectivity index (χ1v) is 37.2. The van der Waals surface area contributed by atoms with Crippen LogP contribution >= 0.6 is 45.6 Å². The third-order valence-electron chi connectivity index (χ3n) is 18.7. The molecule has 0 bridgehead atoms.